The largest absolute Gasteiger partial charge is 0.480 e. The lowest BCUT2D eigenvalue weighted by molar-refractivity contribution is 0.103. The Balaban J connectivity index is 2.32. The van der Waals surface area contributed by atoms with E-state index in [0.29, 0.717) is 21.5 Å². The quantitative estimate of drug-likeness (QED) is 0.812. The summed E-state index contributed by atoms with van der Waals surface area (Å²) in [7, 11) is 1.48. The van der Waals surface area contributed by atoms with E-state index in [-0.39, 0.29) is 11.5 Å². The number of carbonyl (C=O) groups is 1. The Morgan fingerprint density at radius 1 is 1.11 bits per heavy atom. The number of aromatic nitrogens is 2. The van der Waals surface area contributed by atoms with Gasteiger partial charge in [0.1, 0.15) is 5.69 Å². The molecule has 1 heterocycles. The average Bonchev–Trinajstić information content (AvgIpc) is 2.41. The molecule has 0 fully saturated rings. The first-order valence-corrected chi connectivity index (χ1v) is 5.75. The van der Waals surface area contributed by atoms with E-state index in [4.69, 9.17) is 27.9 Å². The van der Waals surface area contributed by atoms with Crippen LogP contribution in [-0.4, -0.2) is 23.1 Å². The van der Waals surface area contributed by atoms with Gasteiger partial charge in [-0.2, -0.15) is 0 Å². The Morgan fingerprint density at radius 3 is 2.44 bits per heavy atom. The molecule has 0 aliphatic heterocycles. The van der Waals surface area contributed by atoms with Gasteiger partial charge in [-0.1, -0.05) is 23.2 Å². The van der Waals surface area contributed by atoms with Gasteiger partial charge in [-0.25, -0.2) is 0 Å². The molecule has 92 valence electrons. The van der Waals surface area contributed by atoms with Gasteiger partial charge in [0.15, 0.2) is 0 Å². The van der Waals surface area contributed by atoms with Crippen LogP contribution in [0.4, 0.5) is 0 Å². The minimum absolute atomic E-state index is 0.217. The van der Waals surface area contributed by atoms with E-state index in [9.17, 15) is 4.79 Å². The molecule has 4 nitrogen and oxygen atoms in total. The zero-order valence-electron chi connectivity index (χ0n) is 9.35. The molecular formula is C12H8Cl2N2O2. The minimum Gasteiger partial charge on any atom is -0.480 e. The molecule has 0 saturated heterocycles. The average molecular weight is 283 g/mol. The fraction of sp³-hybridized carbons (Fsp3) is 0.0833. The van der Waals surface area contributed by atoms with Gasteiger partial charge in [-0.05, 0) is 24.3 Å². The number of rotatable bonds is 3. The highest BCUT2D eigenvalue weighted by molar-refractivity contribution is 6.42. The van der Waals surface area contributed by atoms with Crippen molar-refractivity contribution < 1.29 is 9.53 Å². The molecule has 0 aliphatic rings. The highest BCUT2D eigenvalue weighted by atomic mass is 35.5. The van der Waals surface area contributed by atoms with Gasteiger partial charge >= 0.3 is 0 Å². The van der Waals surface area contributed by atoms with Gasteiger partial charge in [0.2, 0.25) is 11.7 Å². The number of hydrogen-bond donors (Lipinski definition) is 0. The highest BCUT2D eigenvalue weighted by Crippen LogP contribution is 2.23. The van der Waals surface area contributed by atoms with Crippen molar-refractivity contribution in [3.8, 4) is 5.88 Å². The van der Waals surface area contributed by atoms with Gasteiger partial charge in [0.25, 0.3) is 0 Å². The van der Waals surface area contributed by atoms with Gasteiger partial charge in [-0.3, -0.25) is 4.79 Å². The molecule has 6 heteroatoms. The van der Waals surface area contributed by atoms with Gasteiger partial charge in [0, 0.05) is 11.6 Å². The molecule has 0 saturated carbocycles. The zero-order valence-corrected chi connectivity index (χ0v) is 10.9. The van der Waals surface area contributed by atoms with E-state index in [2.05, 4.69) is 10.2 Å². The van der Waals surface area contributed by atoms with Crippen molar-refractivity contribution in [3.63, 3.8) is 0 Å². The summed E-state index contributed by atoms with van der Waals surface area (Å²) in [5.41, 5.74) is 0.623. The van der Waals surface area contributed by atoms with Crippen LogP contribution in [0.1, 0.15) is 16.1 Å². The van der Waals surface area contributed by atoms with Crippen molar-refractivity contribution in [1.29, 1.82) is 0 Å². The number of halogens is 2. The third-order valence-corrected chi connectivity index (χ3v) is 3.00. The minimum atomic E-state index is -0.274. The summed E-state index contributed by atoms with van der Waals surface area (Å²) in [5, 5.41) is 8.23. The summed E-state index contributed by atoms with van der Waals surface area (Å²) >= 11 is 11.6. The Kier molecular flexibility index (Phi) is 3.79. The summed E-state index contributed by atoms with van der Waals surface area (Å²) in [6, 6.07) is 7.75. The van der Waals surface area contributed by atoms with E-state index >= 15 is 0 Å². The molecular weight excluding hydrogens is 275 g/mol. The van der Waals surface area contributed by atoms with Gasteiger partial charge in [-0.15, -0.1) is 10.2 Å². The lowest BCUT2D eigenvalue weighted by Crippen LogP contribution is -2.05. The summed E-state index contributed by atoms with van der Waals surface area (Å²) in [6.07, 6.45) is 0. The van der Waals surface area contributed by atoms with Crippen LogP contribution >= 0.6 is 23.2 Å². The van der Waals surface area contributed by atoms with E-state index in [1.54, 1.807) is 18.2 Å². The zero-order chi connectivity index (χ0) is 13.1. The smallest absolute Gasteiger partial charge is 0.233 e. The summed E-state index contributed by atoms with van der Waals surface area (Å²) in [4.78, 5) is 12.1. The lowest BCUT2D eigenvalue weighted by atomic mass is 10.1. The second-order valence-electron chi connectivity index (χ2n) is 3.42. The molecule has 2 aromatic rings. The maximum Gasteiger partial charge on any atom is 0.233 e. The highest BCUT2D eigenvalue weighted by Gasteiger charge is 2.12. The number of methoxy groups -OCH3 is 1. The van der Waals surface area contributed by atoms with Crippen LogP contribution in [0.2, 0.25) is 10.0 Å². The standard InChI is InChI=1S/C12H8Cl2N2O2/c1-18-11-5-4-10(15-16-11)12(17)7-2-3-8(13)9(14)6-7/h2-6H,1H3. The fourth-order valence-electron chi connectivity index (χ4n) is 1.34. The third-order valence-electron chi connectivity index (χ3n) is 2.26. The van der Waals surface area contributed by atoms with Crippen molar-refractivity contribution in [2.75, 3.05) is 7.11 Å². The third kappa shape index (κ3) is 2.60. The van der Waals surface area contributed by atoms with Crippen LogP contribution in [0, 0.1) is 0 Å². The number of nitrogens with zero attached hydrogens (tertiary/aromatic N) is 2. The van der Waals surface area contributed by atoms with Crippen LogP contribution in [0.25, 0.3) is 0 Å². The normalized spacial score (nSPS) is 10.2. The van der Waals surface area contributed by atoms with E-state index in [1.165, 1.54) is 19.2 Å². The van der Waals surface area contributed by atoms with Crippen molar-refractivity contribution in [1.82, 2.24) is 10.2 Å². The van der Waals surface area contributed by atoms with Crippen molar-refractivity contribution in [3.05, 3.63) is 51.6 Å². The number of ether oxygens (including phenoxy) is 1. The lowest BCUT2D eigenvalue weighted by Gasteiger charge is -2.02. The number of benzene rings is 1. The molecule has 0 atom stereocenters. The summed E-state index contributed by atoms with van der Waals surface area (Å²) < 4.78 is 4.87. The van der Waals surface area contributed by atoms with Crippen molar-refractivity contribution in [2.45, 2.75) is 0 Å². The van der Waals surface area contributed by atoms with Gasteiger partial charge in [0.05, 0.1) is 17.2 Å². The predicted molar refractivity (Wildman–Crippen MR) is 68.5 cm³/mol. The van der Waals surface area contributed by atoms with Gasteiger partial charge < -0.3 is 4.74 Å². The Hall–Kier alpha value is -1.65. The Labute approximate surface area is 114 Å². The molecule has 1 aromatic carbocycles. The fourth-order valence-corrected chi connectivity index (χ4v) is 1.63. The molecule has 0 bridgehead atoms. The molecule has 0 amide bonds. The van der Waals surface area contributed by atoms with E-state index in [1.807, 2.05) is 0 Å². The van der Waals surface area contributed by atoms with Crippen molar-refractivity contribution >= 4 is 29.0 Å². The van der Waals surface area contributed by atoms with Crippen LogP contribution < -0.4 is 4.74 Å². The SMILES string of the molecule is COc1ccc(C(=O)c2ccc(Cl)c(Cl)c2)nn1. The second-order valence-corrected chi connectivity index (χ2v) is 4.23. The molecule has 0 radical (unpaired) electrons. The van der Waals surface area contributed by atoms with Crippen LogP contribution in [-0.2, 0) is 0 Å². The molecule has 1 aromatic heterocycles. The second kappa shape index (κ2) is 5.33. The Bertz CT molecular complexity index is 585. The van der Waals surface area contributed by atoms with E-state index in [0.717, 1.165) is 0 Å². The molecule has 0 N–H and O–H groups in total. The first kappa shape index (κ1) is 12.8. The first-order valence-electron chi connectivity index (χ1n) is 4.99. The Morgan fingerprint density at radius 2 is 1.89 bits per heavy atom. The summed E-state index contributed by atoms with van der Waals surface area (Å²) in [5.74, 6) is 0.0735. The number of ketones is 1. The van der Waals surface area contributed by atoms with Crippen LogP contribution in [0.15, 0.2) is 30.3 Å². The molecule has 0 spiro atoms. The molecule has 0 aliphatic carbocycles. The predicted octanol–water partition coefficient (Wildman–Crippen LogP) is 3.02. The maximum absolute atomic E-state index is 12.1. The first-order chi connectivity index (χ1) is 8.61. The van der Waals surface area contributed by atoms with E-state index < -0.39 is 0 Å². The van der Waals surface area contributed by atoms with Crippen LogP contribution in [0.3, 0.4) is 0 Å². The molecule has 18 heavy (non-hydrogen) atoms. The number of hydrogen-bond acceptors (Lipinski definition) is 4. The molecule has 2 rings (SSSR count). The number of carbonyl (C=O) groups excluding carboxylic acids is 1. The van der Waals surface area contributed by atoms with Crippen LogP contribution in [0.5, 0.6) is 5.88 Å². The van der Waals surface area contributed by atoms with Crippen molar-refractivity contribution in [2.24, 2.45) is 0 Å². The topological polar surface area (TPSA) is 52.1 Å². The summed E-state index contributed by atoms with van der Waals surface area (Å²) in [6.45, 7) is 0. The monoisotopic (exact) mass is 282 g/mol. The maximum atomic E-state index is 12.1. The molecule has 0 unspecified atom stereocenters.